The quantitative estimate of drug-likeness (QED) is 0.302. The molecule has 1 fully saturated rings. The van der Waals surface area contributed by atoms with Crippen LogP contribution >= 0.6 is 0 Å². The lowest BCUT2D eigenvalue weighted by atomic mass is 10.2. The van der Waals surface area contributed by atoms with E-state index in [-0.39, 0.29) is 0 Å². The molecule has 1 unspecified atom stereocenters. The first-order valence-electron chi connectivity index (χ1n) is 3.94. The molecule has 0 heterocycles. The molecule has 6 heteroatoms. The van der Waals surface area contributed by atoms with E-state index in [2.05, 4.69) is 5.32 Å². The average Bonchev–Trinajstić information content (AvgIpc) is 2.22. The fourth-order valence-corrected chi connectivity index (χ4v) is 1.44. The van der Waals surface area contributed by atoms with Gasteiger partial charge in [0, 0.05) is 6.92 Å². The third-order valence-electron chi connectivity index (χ3n) is 2.16. The Balaban J connectivity index is 2.69. The predicted molar refractivity (Wildman–Crippen MR) is 41.6 cm³/mol. The molecule has 0 saturated heterocycles. The fourth-order valence-electron chi connectivity index (χ4n) is 1.44. The molecule has 1 saturated carbocycles. The van der Waals surface area contributed by atoms with Crippen LogP contribution in [0.2, 0.25) is 0 Å². The third-order valence-corrected chi connectivity index (χ3v) is 2.16. The molecule has 0 aliphatic heterocycles. The first-order valence-corrected chi connectivity index (χ1v) is 3.94. The Morgan fingerprint density at radius 1 is 1.00 bits per heavy atom. The number of hydrogen-bond acceptors (Lipinski definition) is 5. The van der Waals surface area contributed by atoms with Gasteiger partial charge in [-0.1, -0.05) is 0 Å². The molecule has 13 heavy (non-hydrogen) atoms. The van der Waals surface area contributed by atoms with Crippen LogP contribution in [-0.4, -0.2) is 56.8 Å². The van der Waals surface area contributed by atoms with Gasteiger partial charge >= 0.3 is 0 Å². The number of carbonyl (C=O) groups is 1. The van der Waals surface area contributed by atoms with Crippen molar-refractivity contribution in [3.63, 3.8) is 0 Å². The van der Waals surface area contributed by atoms with E-state index >= 15 is 0 Å². The minimum absolute atomic E-state index is 0.440. The third kappa shape index (κ3) is 1.80. The van der Waals surface area contributed by atoms with Crippen molar-refractivity contribution in [3.8, 4) is 0 Å². The van der Waals surface area contributed by atoms with Crippen molar-refractivity contribution < 1.29 is 25.2 Å². The van der Waals surface area contributed by atoms with Crippen LogP contribution in [0.3, 0.4) is 0 Å². The molecule has 0 radical (unpaired) electrons. The van der Waals surface area contributed by atoms with Gasteiger partial charge < -0.3 is 25.7 Å². The second kappa shape index (κ2) is 3.59. The van der Waals surface area contributed by atoms with Crippen molar-refractivity contribution in [1.29, 1.82) is 0 Å². The highest BCUT2D eigenvalue weighted by atomic mass is 16.4. The van der Waals surface area contributed by atoms with E-state index in [4.69, 9.17) is 10.2 Å². The molecule has 1 rings (SSSR count). The molecule has 0 aromatic carbocycles. The normalized spacial score (nSPS) is 40.7. The Morgan fingerprint density at radius 3 is 1.69 bits per heavy atom. The zero-order chi connectivity index (χ0) is 10.2. The largest absolute Gasteiger partial charge is 0.388 e. The van der Waals surface area contributed by atoms with Crippen LogP contribution in [0.25, 0.3) is 0 Å². The van der Waals surface area contributed by atoms with Gasteiger partial charge in [0.25, 0.3) is 0 Å². The fraction of sp³-hybridized carbons (Fsp3) is 0.857. The summed E-state index contributed by atoms with van der Waals surface area (Å²) >= 11 is 0. The molecule has 6 nitrogen and oxygen atoms in total. The number of amides is 1. The summed E-state index contributed by atoms with van der Waals surface area (Å²) in [5, 5.41) is 39.0. The minimum atomic E-state index is -1.42. The number of aliphatic hydroxyl groups is 4. The average molecular weight is 191 g/mol. The standard InChI is InChI=1S/C7H13NO5/c1-2(9)8-3-4(10)6(12)7(13)5(3)11/h3-7,10-13H,1H3,(H,8,9)/t3?,4-,5-,6-,7+/m1/s1. The maximum absolute atomic E-state index is 10.6. The number of carbonyl (C=O) groups excluding carboxylic acids is 1. The maximum Gasteiger partial charge on any atom is 0.217 e. The summed E-state index contributed by atoms with van der Waals surface area (Å²) in [5.41, 5.74) is 0. The number of hydrogen-bond donors (Lipinski definition) is 5. The molecule has 5 N–H and O–H groups in total. The van der Waals surface area contributed by atoms with Gasteiger partial charge in [-0.25, -0.2) is 0 Å². The molecule has 76 valence electrons. The van der Waals surface area contributed by atoms with E-state index in [0.717, 1.165) is 0 Å². The molecule has 0 bridgehead atoms. The van der Waals surface area contributed by atoms with E-state index in [1.165, 1.54) is 6.92 Å². The highest BCUT2D eigenvalue weighted by Gasteiger charge is 2.48. The van der Waals surface area contributed by atoms with Crippen molar-refractivity contribution in [2.24, 2.45) is 0 Å². The summed E-state index contributed by atoms with van der Waals surface area (Å²) in [5.74, 6) is -0.440. The molecule has 0 spiro atoms. The van der Waals surface area contributed by atoms with Crippen LogP contribution in [-0.2, 0) is 4.79 Å². The Hall–Kier alpha value is -0.690. The molecule has 1 aliphatic carbocycles. The van der Waals surface area contributed by atoms with Crippen molar-refractivity contribution in [2.75, 3.05) is 0 Å². The summed E-state index contributed by atoms with van der Waals surface area (Å²) in [6, 6.07) is -1.01. The first-order chi connectivity index (χ1) is 5.95. The van der Waals surface area contributed by atoms with E-state index in [1.807, 2.05) is 0 Å². The van der Waals surface area contributed by atoms with Crippen LogP contribution in [0.4, 0.5) is 0 Å². The van der Waals surface area contributed by atoms with Crippen molar-refractivity contribution >= 4 is 5.91 Å². The van der Waals surface area contributed by atoms with Gasteiger partial charge in [0.05, 0.1) is 6.04 Å². The van der Waals surface area contributed by atoms with E-state index in [9.17, 15) is 15.0 Å². The highest BCUT2D eigenvalue weighted by Crippen LogP contribution is 2.21. The van der Waals surface area contributed by atoms with Gasteiger partial charge in [-0.2, -0.15) is 0 Å². The summed E-state index contributed by atoms with van der Waals surface area (Å²) in [4.78, 5) is 10.6. The monoisotopic (exact) mass is 191 g/mol. The molecular weight excluding hydrogens is 178 g/mol. The molecule has 0 aromatic rings. The number of rotatable bonds is 1. The van der Waals surface area contributed by atoms with Crippen LogP contribution in [0.5, 0.6) is 0 Å². The summed E-state index contributed by atoms with van der Waals surface area (Å²) in [6.45, 7) is 1.22. The molecule has 1 amide bonds. The van der Waals surface area contributed by atoms with Gasteiger partial charge in [0.2, 0.25) is 5.91 Å². The lowest BCUT2D eigenvalue weighted by Crippen LogP contribution is -2.47. The van der Waals surface area contributed by atoms with Gasteiger partial charge in [0.15, 0.2) is 0 Å². The van der Waals surface area contributed by atoms with Crippen molar-refractivity contribution in [3.05, 3.63) is 0 Å². The first kappa shape index (κ1) is 10.4. The van der Waals surface area contributed by atoms with Crippen LogP contribution in [0.15, 0.2) is 0 Å². The number of nitrogens with one attached hydrogen (secondary N) is 1. The Morgan fingerprint density at radius 2 is 1.38 bits per heavy atom. The zero-order valence-electron chi connectivity index (χ0n) is 7.08. The maximum atomic E-state index is 10.6. The van der Waals surface area contributed by atoms with Crippen molar-refractivity contribution in [1.82, 2.24) is 5.32 Å². The molecule has 5 atom stereocenters. The summed E-state index contributed by atoms with van der Waals surface area (Å²) < 4.78 is 0. The van der Waals surface area contributed by atoms with E-state index in [1.54, 1.807) is 0 Å². The lowest BCUT2D eigenvalue weighted by Gasteiger charge is -2.18. The Labute approximate surface area is 74.8 Å². The smallest absolute Gasteiger partial charge is 0.217 e. The van der Waals surface area contributed by atoms with Gasteiger partial charge in [-0.3, -0.25) is 4.79 Å². The predicted octanol–water partition coefficient (Wildman–Crippen LogP) is -3.05. The highest BCUT2D eigenvalue weighted by molar-refractivity contribution is 5.73. The Kier molecular flexibility index (Phi) is 2.87. The molecule has 1 aliphatic rings. The number of aliphatic hydroxyl groups excluding tert-OH is 4. The van der Waals surface area contributed by atoms with Crippen LogP contribution in [0, 0.1) is 0 Å². The SMILES string of the molecule is CC(=O)NC1[C@@H](O)[C@H](O)[C@H](O)[C@@H]1O. The molecular formula is C7H13NO5. The van der Waals surface area contributed by atoms with Gasteiger partial charge in [0.1, 0.15) is 24.4 Å². The Bertz CT molecular complexity index is 195. The van der Waals surface area contributed by atoms with Crippen molar-refractivity contribution in [2.45, 2.75) is 37.4 Å². The summed E-state index contributed by atoms with van der Waals surface area (Å²) in [6.07, 6.45) is -5.53. The minimum Gasteiger partial charge on any atom is -0.388 e. The van der Waals surface area contributed by atoms with Crippen LogP contribution in [0.1, 0.15) is 6.92 Å². The van der Waals surface area contributed by atoms with Crippen LogP contribution < -0.4 is 5.32 Å². The van der Waals surface area contributed by atoms with E-state index in [0.29, 0.717) is 0 Å². The topological polar surface area (TPSA) is 110 Å². The second-order valence-corrected chi connectivity index (χ2v) is 3.19. The summed E-state index contributed by atoms with van der Waals surface area (Å²) in [7, 11) is 0. The zero-order valence-corrected chi connectivity index (χ0v) is 7.08. The second-order valence-electron chi connectivity index (χ2n) is 3.19. The van der Waals surface area contributed by atoms with Gasteiger partial charge in [-0.15, -0.1) is 0 Å². The molecule has 0 aromatic heterocycles. The van der Waals surface area contributed by atoms with Gasteiger partial charge in [-0.05, 0) is 0 Å². The van der Waals surface area contributed by atoms with E-state index < -0.39 is 36.4 Å². The lowest BCUT2D eigenvalue weighted by molar-refractivity contribution is -0.121.